The zero-order valence-electron chi connectivity index (χ0n) is 4.19. The molecule has 0 aromatic rings. The number of ketones is 1. The van der Waals surface area contributed by atoms with Crippen molar-refractivity contribution in [1.29, 1.82) is 0 Å². The van der Waals surface area contributed by atoms with Crippen LogP contribution in [0.25, 0.3) is 0 Å². The molecule has 0 atom stereocenters. The lowest BCUT2D eigenvalue weighted by atomic mass is 9.94. The van der Waals surface area contributed by atoms with Gasteiger partial charge in [-0.2, -0.15) is 0 Å². The van der Waals surface area contributed by atoms with Crippen LogP contribution in [-0.2, 0) is 4.79 Å². The fourth-order valence-electron chi connectivity index (χ4n) is 0.487. The molecule has 36 valence electrons. The molecule has 0 bridgehead atoms. The van der Waals surface area contributed by atoms with Crippen molar-refractivity contribution in [3.05, 3.63) is 23.8 Å². The van der Waals surface area contributed by atoms with Crippen molar-refractivity contribution in [2.75, 3.05) is 0 Å². The van der Waals surface area contributed by atoms with Gasteiger partial charge in [-0.25, -0.2) is 0 Å². The van der Waals surface area contributed by atoms with E-state index < -0.39 is 0 Å². The zero-order valence-corrected chi connectivity index (χ0v) is 4.19. The summed E-state index contributed by atoms with van der Waals surface area (Å²) in [5, 5.41) is 0. The van der Waals surface area contributed by atoms with E-state index in [2.05, 4.69) is 6.58 Å². The van der Waals surface area contributed by atoms with E-state index in [1.54, 1.807) is 6.08 Å². The molecule has 0 unspecified atom stereocenters. The third-order valence-corrected chi connectivity index (χ3v) is 1.12. The summed E-state index contributed by atoms with van der Waals surface area (Å²) in [6, 6.07) is 0. The molecule has 0 fully saturated rings. The Bertz CT molecular complexity index is 163. The molecule has 0 heterocycles. The first-order valence-electron chi connectivity index (χ1n) is 2.14. The summed E-state index contributed by atoms with van der Waals surface area (Å²) in [6.45, 7) is 5.38. The van der Waals surface area contributed by atoms with Gasteiger partial charge < -0.3 is 0 Å². The maximum absolute atomic E-state index is 10.3. The second-order valence-corrected chi connectivity index (χ2v) is 1.67. The van der Waals surface area contributed by atoms with E-state index in [0.29, 0.717) is 5.57 Å². The highest BCUT2D eigenvalue weighted by molar-refractivity contribution is 6.14. The van der Waals surface area contributed by atoms with E-state index in [9.17, 15) is 4.79 Å². The number of allylic oxidation sites excluding steroid dienone is 3. The van der Waals surface area contributed by atoms with Gasteiger partial charge in [0, 0.05) is 5.57 Å². The first-order chi connectivity index (χ1) is 3.22. The Labute approximate surface area is 42.3 Å². The molecular weight excluding hydrogens is 88.1 g/mol. The molecule has 0 aromatic carbocycles. The minimum Gasteiger partial charge on any atom is -0.289 e. The van der Waals surface area contributed by atoms with E-state index in [1.807, 2.05) is 6.92 Å². The molecule has 0 saturated heterocycles. The topological polar surface area (TPSA) is 17.1 Å². The van der Waals surface area contributed by atoms with Gasteiger partial charge in [0.2, 0.25) is 0 Å². The number of carbonyl (C=O) groups excluding carboxylic acids is 1. The van der Waals surface area contributed by atoms with Gasteiger partial charge >= 0.3 is 0 Å². The summed E-state index contributed by atoms with van der Waals surface area (Å²) < 4.78 is 0. The highest BCUT2D eigenvalue weighted by atomic mass is 16.1. The molecule has 1 nitrogen and oxygen atoms in total. The van der Waals surface area contributed by atoms with Crippen LogP contribution in [0.3, 0.4) is 0 Å². The zero-order chi connectivity index (χ0) is 5.44. The van der Waals surface area contributed by atoms with Crippen LogP contribution in [0.15, 0.2) is 23.8 Å². The Kier molecular flexibility index (Phi) is 0.653. The summed E-state index contributed by atoms with van der Waals surface area (Å²) in [5.41, 5.74) is 1.69. The Balaban J connectivity index is 2.96. The maximum Gasteiger partial charge on any atom is 0.185 e. The minimum absolute atomic E-state index is 0.0810. The van der Waals surface area contributed by atoms with Crippen LogP contribution in [0, 0.1) is 0 Å². The first-order valence-corrected chi connectivity index (χ1v) is 2.14. The molecule has 0 aliphatic heterocycles. The summed E-state index contributed by atoms with van der Waals surface area (Å²) in [6.07, 6.45) is 1.59. The number of hydrogen-bond donors (Lipinski definition) is 0. The largest absolute Gasteiger partial charge is 0.289 e. The summed E-state index contributed by atoms with van der Waals surface area (Å²) in [7, 11) is 0. The van der Waals surface area contributed by atoms with Gasteiger partial charge in [-0.05, 0) is 18.6 Å². The fraction of sp³-hybridized carbons (Fsp3) is 0.167. The molecule has 1 rings (SSSR count). The second kappa shape index (κ2) is 1.06. The maximum atomic E-state index is 10.3. The molecule has 0 aromatic heterocycles. The molecular formula is C6H6O. The monoisotopic (exact) mass is 94.0 g/mol. The van der Waals surface area contributed by atoms with Crippen LogP contribution < -0.4 is 0 Å². The highest BCUT2D eigenvalue weighted by Crippen LogP contribution is 2.18. The van der Waals surface area contributed by atoms with Crippen LogP contribution in [0.2, 0.25) is 0 Å². The molecule has 0 amide bonds. The van der Waals surface area contributed by atoms with Crippen molar-refractivity contribution in [3.63, 3.8) is 0 Å². The number of carbonyl (C=O) groups is 1. The SMILES string of the molecule is C=C1C(=O)C=C1C. The van der Waals surface area contributed by atoms with Gasteiger partial charge in [0.25, 0.3) is 0 Å². The third kappa shape index (κ3) is 0.411. The average Bonchev–Trinajstić information content (AvgIpc) is 1.68. The van der Waals surface area contributed by atoms with Crippen molar-refractivity contribution >= 4 is 5.78 Å². The van der Waals surface area contributed by atoms with Gasteiger partial charge in [-0.3, -0.25) is 4.79 Å². The lowest BCUT2D eigenvalue weighted by Crippen LogP contribution is -2.09. The quantitative estimate of drug-likeness (QED) is 0.410. The molecule has 1 aliphatic rings. The van der Waals surface area contributed by atoms with Gasteiger partial charge in [0.15, 0.2) is 5.78 Å². The van der Waals surface area contributed by atoms with Crippen molar-refractivity contribution in [2.45, 2.75) is 6.92 Å². The summed E-state index contributed by atoms with van der Waals surface area (Å²) >= 11 is 0. The van der Waals surface area contributed by atoms with E-state index in [0.717, 1.165) is 5.57 Å². The van der Waals surface area contributed by atoms with Gasteiger partial charge in [0.1, 0.15) is 0 Å². The summed E-state index contributed by atoms with van der Waals surface area (Å²) in [5.74, 6) is 0.0810. The molecule has 0 saturated carbocycles. The van der Waals surface area contributed by atoms with Crippen molar-refractivity contribution in [3.8, 4) is 0 Å². The van der Waals surface area contributed by atoms with Crippen LogP contribution in [0.5, 0.6) is 0 Å². The molecule has 1 aliphatic carbocycles. The Morgan fingerprint density at radius 1 is 1.71 bits per heavy atom. The number of rotatable bonds is 0. The average molecular weight is 94.1 g/mol. The van der Waals surface area contributed by atoms with Gasteiger partial charge in [-0.15, -0.1) is 0 Å². The predicted octanol–water partition coefficient (Wildman–Crippen LogP) is 1.07. The predicted molar refractivity (Wildman–Crippen MR) is 27.9 cm³/mol. The normalized spacial score (nSPS) is 18.7. The van der Waals surface area contributed by atoms with E-state index in [4.69, 9.17) is 0 Å². The minimum atomic E-state index is 0.0810. The van der Waals surface area contributed by atoms with Crippen molar-refractivity contribution in [1.82, 2.24) is 0 Å². The smallest absolute Gasteiger partial charge is 0.185 e. The van der Waals surface area contributed by atoms with E-state index in [-0.39, 0.29) is 5.78 Å². The van der Waals surface area contributed by atoms with Crippen molar-refractivity contribution < 1.29 is 4.79 Å². The van der Waals surface area contributed by atoms with Crippen LogP contribution in [0.1, 0.15) is 6.92 Å². The molecule has 7 heavy (non-hydrogen) atoms. The first kappa shape index (κ1) is 4.31. The Hall–Kier alpha value is -0.850. The van der Waals surface area contributed by atoms with Crippen LogP contribution in [-0.4, -0.2) is 5.78 Å². The Morgan fingerprint density at radius 2 is 2.29 bits per heavy atom. The van der Waals surface area contributed by atoms with Crippen molar-refractivity contribution in [2.24, 2.45) is 0 Å². The lowest BCUT2D eigenvalue weighted by molar-refractivity contribution is -0.112. The molecule has 1 heteroatoms. The van der Waals surface area contributed by atoms with Gasteiger partial charge in [0.05, 0.1) is 0 Å². The van der Waals surface area contributed by atoms with Gasteiger partial charge in [-0.1, -0.05) is 6.58 Å². The standard InChI is InChI=1S/C6H6O/c1-4-3-6(7)5(4)2/h3H,2H2,1H3. The van der Waals surface area contributed by atoms with E-state index >= 15 is 0 Å². The van der Waals surface area contributed by atoms with Crippen LogP contribution in [0.4, 0.5) is 0 Å². The summed E-state index contributed by atoms with van der Waals surface area (Å²) in [4.78, 5) is 10.3. The van der Waals surface area contributed by atoms with Crippen LogP contribution >= 0.6 is 0 Å². The number of hydrogen-bond acceptors (Lipinski definition) is 1. The highest BCUT2D eigenvalue weighted by Gasteiger charge is 2.14. The fourth-order valence-corrected chi connectivity index (χ4v) is 0.487. The lowest BCUT2D eigenvalue weighted by Gasteiger charge is -2.09. The molecule has 0 radical (unpaired) electrons. The van der Waals surface area contributed by atoms with E-state index in [1.165, 1.54) is 0 Å². The third-order valence-electron chi connectivity index (χ3n) is 1.12. The molecule has 0 spiro atoms. The Morgan fingerprint density at radius 3 is 2.29 bits per heavy atom. The molecule has 0 N–H and O–H groups in total. The second-order valence-electron chi connectivity index (χ2n) is 1.67.